The van der Waals surface area contributed by atoms with Crippen molar-refractivity contribution >= 4 is 29.1 Å². The minimum Gasteiger partial charge on any atom is -0.395 e. The summed E-state index contributed by atoms with van der Waals surface area (Å²) in [5.74, 6) is -0.277. The molecule has 33 heavy (non-hydrogen) atoms. The number of carbonyl (C=O) groups excluding carboxylic acids is 2. The van der Waals surface area contributed by atoms with Gasteiger partial charge < -0.3 is 15.3 Å². The quantitative estimate of drug-likeness (QED) is 0.350. The summed E-state index contributed by atoms with van der Waals surface area (Å²) in [6, 6.07) is 20.4. The van der Waals surface area contributed by atoms with Crippen LogP contribution in [0.1, 0.15) is 44.3 Å². The molecular weight excluding hydrogens is 412 g/mol. The largest absolute Gasteiger partial charge is 0.395 e. The lowest BCUT2D eigenvalue weighted by Crippen LogP contribution is -2.25. The summed E-state index contributed by atoms with van der Waals surface area (Å²) in [6.07, 6.45) is 3.33. The number of nitrogens with one attached hydrogen (secondary N) is 1. The molecule has 0 aromatic heterocycles. The lowest BCUT2D eigenvalue weighted by Gasteiger charge is -2.21. The van der Waals surface area contributed by atoms with Gasteiger partial charge in [-0.15, -0.1) is 0 Å². The van der Waals surface area contributed by atoms with Crippen LogP contribution in [0.5, 0.6) is 0 Å². The van der Waals surface area contributed by atoms with Crippen molar-refractivity contribution in [2.24, 2.45) is 0 Å². The van der Waals surface area contributed by atoms with Crippen molar-refractivity contribution < 1.29 is 14.7 Å². The van der Waals surface area contributed by atoms with Crippen molar-refractivity contribution in [2.45, 2.75) is 20.8 Å². The van der Waals surface area contributed by atoms with Crippen molar-refractivity contribution in [3.8, 4) is 0 Å². The zero-order valence-corrected chi connectivity index (χ0v) is 19.3. The Morgan fingerprint density at radius 2 is 1.67 bits per heavy atom. The molecule has 5 heteroatoms. The standard InChI is InChI=1S/C28H30N2O3/c1-4-30(18-19-31)25-15-8-22(9-16-25)10-17-27(32)23-11-13-24(14-12-23)29-28(33)26-7-5-6-20(2)21(26)3/h5-17,31H,4,18-19H2,1-3H3,(H,29,33)/b17-10+. The van der Waals surface area contributed by atoms with Gasteiger partial charge in [-0.25, -0.2) is 0 Å². The summed E-state index contributed by atoms with van der Waals surface area (Å²) in [4.78, 5) is 27.2. The number of benzene rings is 3. The predicted octanol–water partition coefficient (Wildman–Crippen LogP) is 5.27. The second-order valence-corrected chi connectivity index (χ2v) is 7.87. The molecule has 0 aliphatic heterocycles. The van der Waals surface area contributed by atoms with Crippen LogP contribution in [0.2, 0.25) is 0 Å². The molecule has 0 aliphatic carbocycles. The third-order valence-corrected chi connectivity index (χ3v) is 5.71. The van der Waals surface area contributed by atoms with Crippen molar-refractivity contribution in [3.05, 3.63) is 101 Å². The van der Waals surface area contributed by atoms with Gasteiger partial charge in [-0.3, -0.25) is 9.59 Å². The Labute approximate surface area is 195 Å². The summed E-state index contributed by atoms with van der Waals surface area (Å²) >= 11 is 0. The summed E-state index contributed by atoms with van der Waals surface area (Å²) in [5.41, 5.74) is 5.81. The van der Waals surface area contributed by atoms with Gasteiger partial charge >= 0.3 is 0 Å². The third kappa shape index (κ3) is 6.18. The van der Waals surface area contributed by atoms with Crippen LogP contribution in [0.15, 0.2) is 72.8 Å². The fourth-order valence-corrected chi connectivity index (χ4v) is 3.57. The Hall–Kier alpha value is -3.70. The van der Waals surface area contributed by atoms with Gasteiger partial charge in [0, 0.05) is 35.6 Å². The minimum absolute atomic E-state index is 0.109. The normalized spacial score (nSPS) is 10.9. The first-order valence-electron chi connectivity index (χ1n) is 11.1. The number of likely N-dealkylation sites (N-methyl/N-ethyl adjacent to an activating group) is 1. The first-order valence-corrected chi connectivity index (χ1v) is 11.1. The van der Waals surface area contributed by atoms with E-state index in [4.69, 9.17) is 5.11 Å². The highest BCUT2D eigenvalue weighted by molar-refractivity contribution is 6.08. The van der Waals surface area contributed by atoms with Crippen LogP contribution < -0.4 is 10.2 Å². The second kappa shape index (κ2) is 11.2. The van der Waals surface area contributed by atoms with Crippen LogP contribution in [0, 0.1) is 13.8 Å². The van der Waals surface area contributed by atoms with Crippen molar-refractivity contribution in [3.63, 3.8) is 0 Å². The lowest BCUT2D eigenvalue weighted by atomic mass is 10.0. The highest BCUT2D eigenvalue weighted by Crippen LogP contribution is 2.18. The molecule has 0 bridgehead atoms. The molecule has 3 rings (SSSR count). The highest BCUT2D eigenvalue weighted by Gasteiger charge is 2.11. The van der Waals surface area contributed by atoms with Crippen LogP contribution in [0.3, 0.4) is 0 Å². The average molecular weight is 443 g/mol. The molecule has 0 saturated carbocycles. The summed E-state index contributed by atoms with van der Waals surface area (Å²) in [5, 5.41) is 12.0. The average Bonchev–Trinajstić information content (AvgIpc) is 2.83. The smallest absolute Gasteiger partial charge is 0.255 e. The molecule has 3 aromatic rings. The molecule has 0 aliphatic rings. The van der Waals surface area contributed by atoms with E-state index < -0.39 is 0 Å². The van der Waals surface area contributed by atoms with Crippen LogP contribution in [0.25, 0.3) is 6.08 Å². The number of carbonyl (C=O) groups is 2. The molecule has 0 atom stereocenters. The Morgan fingerprint density at radius 1 is 0.970 bits per heavy atom. The van der Waals surface area contributed by atoms with Gasteiger partial charge in [0.1, 0.15) is 0 Å². The number of hydrogen-bond donors (Lipinski definition) is 2. The molecule has 0 unspecified atom stereocenters. The van der Waals surface area contributed by atoms with Crippen LogP contribution in [-0.2, 0) is 0 Å². The minimum atomic E-state index is -0.167. The van der Waals surface area contributed by atoms with Gasteiger partial charge in [0.15, 0.2) is 5.78 Å². The SMILES string of the molecule is CCN(CCO)c1ccc(/C=C/C(=O)c2ccc(NC(=O)c3cccc(C)c3C)cc2)cc1. The van der Waals surface area contributed by atoms with E-state index >= 15 is 0 Å². The maximum Gasteiger partial charge on any atom is 0.255 e. The molecule has 0 radical (unpaired) electrons. The number of ketones is 1. The number of aryl methyl sites for hydroxylation is 1. The number of amides is 1. The molecule has 2 N–H and O–H groups in total. The molecule has 3 aromatic carbocycles. The van der Waals surface area contributed by atoms with E-state index in [2.05, 4.69) is 10.2 Å². The first kappa shape index (κ1) is 24.0. The van der Waals surface area contributed by atoms with Crippen molar-refractivity contribution in [1.29, 1.82) is 0 Å². The fraction of sp³-hybridized carbons (Fsp3) is 0.214. The van der Waals surface area contributed by atoms with Crippen LogP contribution >= 0.6 is 0 Å². The molecular formula is C28H30N2O3. The molecule has 0 saturated heterocycles. The number of anilines is 2. The summed E-state index contributed by atoms with van der Waals surface area (Å²) in [7, 11) is 0. The fourth-order valence-electron chi connectivity index (χ4n) is 3.57. The number of rotatable bonds is 9. The Bertz CT molecular complexity index is 1130. The maximum atomic E-state index is 12.6. The number of aliphatic hydroxyl groups excluding tert-OH is 1. The molecule has 5 nitrogen and oxygen atoms in total. The summed E-state index contributed by atoms with van der Waals surface area (Å²) < 4.78 is 0. The Kier molecular flexibility index (Phi) is 8.17. The predicted molar refractivity (Wildman–Crippen MR) is 135 cm³/mol. The molecule has 0 heterocycles. The second-order valence-electron chi connectivity index (χ2n) is 7.87. The number of aliphatic hydroxyl groups is 1. The van der Waals surface area contributed by atoms with E-state index in [1.54, 1.807) is 42.5 Å². The van der Waals surface area contributed by atoms with Crippen LogP contribution in [-0.4, -0.2) is 36.5 Å². The topological polar surface area (TPSA) is 69.6 Å². The van der Waals surface area contributed by atoms with Gasteiger partial charge in [-0.05, 0) is 86.0 Å². The van der Waals surface area contributed by atoms with E-state index in [1.165, 1.54) is 0 Å². The zero-order chi connectivity index (χ0) is 23.8. The van der Waals surface area contributed by atoms with Gasteiger partial charge in [-0.2, -0.15) is 0 Å². The van der Waals surface area contributed by atoms with E-state index in [1.807, 2.05) is 57.2 Å². The maximum absolute atomic E-state index is 12.6. The number of hydrogen-bond acceptors (Lipinski definition) is 4. The van der Waals surface area contributed by atoms with Gasteiger partial charge in [0.25, 0.3) is 5.91 Å². The zero-order valence-electron chi connectivity index (χ0n) is 19.3. The van der Waals surface area contributed by atoms with Crippen molar-refractivity contribution in [2.75, 3.05) is 29.9 Å². The van der Waals surface area contributed by atoms with Gasteiger partial charge in [0.05, 0.1) is 6.61 Å². The highest BCUT2D eigenvalue weighted by atomic mass is 16.3. The molecule has 1 amide bonds. The van der Waals surface area contributed by atoms with Crippen molar-refractivity contribution in [1.82, 2.24) is 0 Å². The first-order chi connectivity index (χ1) is 15.9. The number of nitrogens with zero attached hydrogens (tertiary/aromatic N) is 1. The van der Waals surface area contributed by atoms with E-state index in [-0.39, 0.29) is 18.3 Å². The monoisotopic (exact) mass is 442 g/mol. The van der Waals surface area contributed by atoms with Gasteiger partial charge in [0.2, 0.25) is 0 Å². The Balaban J connectivity index is 1.62. The summed E-state index contributed by atoms with van der Waals surface area (Å²) in [6.45, 7) is 7.47. The van der Waals surface area contributed by atoms with Gasteiger partial charge in [-0.1, -0.05) is 30.3 Å². The Morgan fingerprint density at radius 3 is 2.30 bits per heavy atom. The third-order valence-electron chi connectivity index (χ3n) is 5.71. The number of allylic oxidation sites excluding steroid dienone is 1. The van der Waals surface area contributed by atoms with E-state index in [9.17, 15) is 9.59 Å². The van der Waals surface area contributed by atoms with E-state index in [0.29, 0.717) is 23.4 Å². The lowest BCUT2D eigenvalue weighted by molar-refractivity contribution is 0.102. The van der Waals surface area contributed by atoms with Crippen LogP contribution in [0.4, 0.5) is 11.4 Å². The molecule has 0 spiro atoms. The molecule has 170 valence electrons. The van der Waals surface area contributed by atoms with E-state index in [0.717, 1.165) is 28.9 Å². The molecule has 0 fully saturated rings.